The Morgan fingerprint density at radius 2 is 0.981 bits per heavy atom. The molecule has 240 valence electrons. The van der Waals surface area contributed by atoms with E-state index in [1.54, 1.807) is 0 Å². The second kappa shape index (κ2) is 10.3. The highest BCUT2D eigenvalue weighted by Gasteiger charge is 2.27. The van der Waals surface area contributed by atoms with Gasteiger partial charge in [0, 0.05) is 43.7 Å². The van der Waals surface area contributed by atoms with Crippen molar-refractivity contribution < 1.29 is 0 Å². The molecule has 0 bridgehead atoms. The summed E-state index contributed by atoms with van der Waals surface area (Å²) in [4.78, 5) is 10.6. The monoisotopic (exact) mass is 660 g/mol. The number of para-hydroxylation sites is 5. The fourth-order valence-electron chi connectivity index (χ4n) is 8.83. The summed E-state index contributed by atoms with van der Waals surface area (Å²) in [6.07, 6.45) is 0. The standard InChI is InChI=1S/C48H28N4/c1-2-13-30(14-3-1)51-43-24-11-8-17-33(43)40-28-38(32-16-5-7-19-35(32)47(40)51)29-25-26-44-39(27-29)37-21-12-20-36-31-15-4-6-18-34(31)45-48(52(44)46(36)37)50-42-23-10-9-22-41(42)49-45/h1-28H. The van der Waals surface area contributed by atoms with Crippen molar-refractivity contribution in [3.63, 3.8) is 0 Å². The van der Waals surface area contributed by atoms with E-state index in [0.29, 0.717) is 0 Å². The normalized spacial score (nSPS) is 12.2. The summed E-state index contributed by atoms with van der Waals surface area (Å²) in [6, 6.07) is 61.3. The smallest absolute Gasteiger partial charge is 0.165 e. The zero-order chi connectivity index (χ0) is 33.9. The number of hydrogen-bond acceptors (Lipinski definition) is 2. The van der Waals surface area contributed by atoms with Gasteiger partial charge in [0.2, 0.25) is 0 Å². The van der Waals surface area contributed by atoms with Crippen LogP contribution in [0.2, 0.25) is 0 Å². The van der Waals surface area contributed by atoms with Crippen LogP contribution in [-0.4, -0.2) is 19.1 Å². The molecule has 11 aromatic rings. The van der Waals surface area contributed by atoms with Crippen molar-refractivity contribution in [1.29, 1.82) is 0 Å². The van der Waals surface area contributed by atoms with Crippen LogP contribution in [-0.2, 0) is 0 Å². The van der Waals surface area contributed by atoms with Crippen molar-refractivity contribution in [1.82, 2.24) is 19.1 Å². The van der Waals surface area contributed by atoms with Gasteiger partial charge >= 0.3 is 0 Å². The molecule has 4 heteroatoms. The van der Waals surface area contributed by atoms with Crippen molar-refractivity contribution in [3.8, 4) is 45.0 Å². The molecule has 1 aliphatic rings. The number of nitrogens with zero attached hydrogens (tertiary/aromatic N) is 4. The van der Waals surface area contributed by atoms with Gasteiger partial charge in [0.15, 0.2) is 5.82 Å². The van der Waals surface area contributed by atoms with E-state index >= 15 is 0 Å². The predicted molar refractivity (Wildman–Crippen MR) is 216 cm³/mol. The summed E-state index contributed by atoms with van der Waals surface area (Å²) in [5, 5.41) is 7.38. The largest absolute Gasteiger partial charge is 0.309 e. The number of fused-ring (bicyclic) bond motifs is 14. The van der Waals surface area contributed by atoms with Gasteiger partial charge in [-0.2, -0.15) is 0 Å². The molecule has 1 aliphatic heterocycles. The zero-order valence-electron chi connectivity index (χ0n) is 28.0. The fraction of sp³-hybridized carbons (Fsp3) is 0. The van der Waals surface area contributed by atoms with Gasteiger partial charge in [0.1, 0.15) is 5.69 Å². The van der Waals surface area contributed by atoms with E-state index in [9.17, 15) is 0 Å². The Balaban J connectivity index is 1.19. The van der Waals surface area contributed by atoms with Crippen molar-refractivity contribution in [3.05, 3.63) is 170 Å². The first-order valence-electron chi connectivity index (χ1n) is 17.8. The maximum atomic E-state index is 5.33. The molecule has 4 heterocycles. The minimum Gasteiger partial charge on any atom is -0.309 e. The molecule has 0 saturated heterocycles. The lowest BCUT2D eigenvalue weighted by atomic mass is 9.93. The Morgan fingerprint density at radius 3 is 1.85 bits per heavy atom. The Morgan fingerprint density at radius 1 is 0.346 bits per heavy atom. The van der Waals surface area contributed by atoms with Crippen LogP contribution in [0.15, 0.2) is 170 Å². The van der Waals surface area contributed by atoms with Crippen molar-refractivity contribution in [2.24, 2.45) is 0 Å². The molecule has 0 aliphatic carbocycles. The quantitative estimate of drug-likeness (QED) is 0.185. The molecule has 0 amide bonds. The number of benzene rings is 8. The second-order valence-corrected chi connectivity index (χ2v) is 13.8. The summed E-state index contributed by atoms with van der Waals surface area (Å²) < 4.78 is 4.78. The van der Waals surface area contributed by atoms with Gasteiger partial charge in [-0.3, -0.25) is 4.57 Å². The second-order valence-electron chi connectivity index (χ2n) is 13.8. The lowest BCUT2D eigenvalue weighted by Gasteiger charge is -2.14. The molecular formula is C48H28N4. The van der Waals surface area contributed by atoms with Crippen LogP contribution >= 0.6 is 0 Å². The van der Waals surface area contributed by atoms with Crippen molar-refractivity contribution in [2.75, 3.05) is 0 Å². The molecule has 0 fully saturated rings. The molecule has 3 aromatic heterocycles. The minimum atomic E-state index is 0.865. The van der Waals surface area contributed by atoms with Crippen LogP contribution in [0.1, 0.15) is 0 Å². The zero-order valence-corrected chi connectivity index (χ0v) is 28.0. The summed E-state index contributed by atoms with van der Waals surface area (Å²) >= 11 is 0. The van der Waals surface area contributed by atoms with E-state index in [0.717, 1.165) is 44.8 Å². The van der Waals surface area contributed by atoms with E-state index in [4.69, 9.17) is 9.97 Å². The lowest BCUT2D eigenvalue weighted by Crippen LogP contribution is -2.02. The van der Waals surface area contributed by atoms with Crippen molar-refractivity contribution in [2.45, 2.75) is 0 Å². The van der Waals surface area contributed by atoms with Crippen molar-refractivity contribution >= 4 is 65.4 Å². The van der Waals surface area contributed by atoms with Crippen LogP contribution in [0, 0.1) is 0 Å². The Labute approximate surface area is 298 Å². The summed E-state index contributed by atoms with van der Waals surface area (Å²) in [6.45, 7) is 0. The van der Waals surface area contributed by atoms with Gasteiger partial charge in [-0.1, -0.05) is 121 Å². The van der Waals surface area contributed by atoms with Gasteiger partial charge in [0.05, 0.1) is 33.1 Å². The average Bonchev–Trinajstić information content (AvgIpc) is 3.69. The molecule has 8 aromatic carbocycles. The number of rotatable bonds is 2. The topological polar surface area (TPSA) is 35.6 Å². The van der Waals surface area contributed by atoms with Gasteiger partial charge in [-0.15, -0.1) is 0 Å². The fourth-order valence-corrected chi connectivity index (χ4v) is 8.83. The Hall–Kier alpha value is -7.04. The molecule has 0 N–H and O–H groups in total. The van der Waals surface area contributed by atoms with E-state index in [1.807, 2.05) is 12.1 Å². The average molecular weight is 661 g/mol. The highest BCUT2D eigenvalue weighted by atomic mass is 15.1. The maximum Gasteiger partial charge on any atom is 0.165 e. The van der Waals surface area contributed by atoms with Gasteiger partial charge in [-0.05, 0) is 70.6 Å². The lowest BCUT2D eigenvalue weighted by molar-refractivity contribution is 1.09. The first-order chi connectivity index (χ1) is 25.8. The Bertz CT molecular complexity index is 3290. The van der Waals surface area contributed by atoms with E-state index in [2.05, 4.69) is 167 Å². The number of aromatic nitrogens is 4. The SMILES string of the molecule is c1ccc(-n2c3ccccc3c3cc(-c4ccc5c(c4)c4cccc6c4n5-c4nc5ccccc5nc4-c4ccccc4-6)c4ccccc4c32)cc1. The van der Waals surface area contributed by atoms with E-state index < -0.39 is 0 Å². The van der Waals surface area contributed by atoms with Gasteiger partial charge in [0.25, 0.3) is 0 Å². The molecule has 0 saturated carbocycles. The minimum absolute atomic E-state index is 0.865. The van der Waals surface area contributed by atoms with Crippen LogP contribution in [0.3, 0.4) is 0 Å². The molecule has 12 rings (SSSR count). The summed E-state index contributed by atoms with van der Waals surface area (Å²) in [5.41, 5.74) is 14.5. The van der Waals surface area contributed by atoms with Gasteiger partial charge < -0.3 is 4.57 Å². The van der Waals surface area contributed by atoms with E-state index in [1.165, 1.54) is 65.6 Å². The molecular weight excluding hydrogens is 633 g/mol. The highest BCUT2D eigenvalue weighted by Crippen LogP contribution is 2.47. The molecule has 0 radical (unpaired) electrons. The first-order valence-corrected chi connectivity index (χ1v) is 17.8. The predicted octanol–water partition coefficient (Wildman–Crippen LogP) is 12.3. The van der Waals surface area contributed by atoms with E-state index in [-0.39, 0.29) is 0 Å². The number of hydrogen-bond donors (Lipinski definition) is 0. The van der Waals surface area contributed by atoms with Crippen LogP contribution in [0.25, 0.3) is 110 Å². The van der Waals surface area contributed by atoms with Crippen LogP contribution in [0.5, 0.6) is 0 Å². The summed E-state index contributed by atoms with van der Waals surface area (Å²) in [5.74, 6) is 0.865. The molecule has 0 spiro atoms. The highest BCUT2D eigenvalue weighted by molar-refractivity contribution is 6.23. The Kier molecular flexibility index (Phi) is 5.47. The maximum absolute atomic E-state index is 5.33. The third kappa shape index (κ3) is 3.65. The third-order valence-electron chi connectivity index (χ3n) is 11.0. The van der Waals surface area contributed by atoms with Gasteiger partial charge in [-0.25, -0.2) is 9.97 Å². The third-order valence-corrected chi connectivity index (χ3v) is 11.0. The molecule has 0 unspecified atom stereocenters. The molecule has 0 atom stereocenters. The molecule has 52 heavy (non-hydrogen) atoms. The summed E-state index contributed by atoms with van der Waals surface area (Å²) in [7, 11) is 0. The van der Waals surface area contributed by atoms with Crippen LogP contribution in [0.4, 0.5) is 0 Å². The molecule has 4 nitrogen and oxygen atoms in total. The first kappa shape index (κ1) is 27.7. The van der Waals surface area contributed by atoms with Crippen LogP contribution < -0.4 is 0 Å².